The van der Waals surface area contributed by atoms with Gasteiger partial charge in [0, 0.05) is 0 Å². The Bertz CT molecular complexity index is 168. The van der Waals surface area contributed by atoms with Crippen molar-refractivity contribution in [1.82, 2.24) is 0 Å². The van der Waals surface area contributed by atoms with Gasteiger partial charge in [-0.25, -0.2) is 4.79 Å². The second kappa shape index (κ2) is 5.03. The Labute approximate surface area is 72.2 Å². The number of hydrogen-bond acceptors (Lipinski definition) is 3. The van der Waals surface area contributed by atoms with Gasteiger partial charge in [0.25, 0.3) is 0 Å². The highest BCUT2D eigenvalue weighted by Crippen LogP contribution is 2.15. The average molecular weight is 202 g/mol. The Morgan fingerprint density at radius 3 is 2.38 bits per heavy atom. The summed E-state index contributed by atoms with van der Waals surface area (Å²) < 4.78 is 41.8. The third kappa shape index (κ3) is 7.54. The lowest BCUT2D eigenvalue weighted by Gasteiger charge is -2.09. The smallest absolute Gasteiger partial charge is 0.479 e. The lowest BCUT2D eigenvalue weighted by molar-refractivity contribution is -0.327. The molecule has 7 heteroatoms. The number of carboxylic acid groups (broad SMARTS) is 1. The van der Waals surface area contributed by atoms with Crippen LogP contribution in [0.25, 0.3) is 0 Å². The number of ether oxygens (including phenoxy) is 2. The van der Waals surface area contributed by atoms with E-state index in [1.54, 1.807) is 0 Å². The summed E-state index contributed by atoms with van der Waals surface area (Å²) in [5.41, 5.74) is 0. The molecule has 1 unspecified atom stereocenters. The first-order valence-corrected chi connectivity index (χ1v) is 3.38. The van der Waals surface area contributed by atoms with Gasteiger partial charge in [0.15, 0.2) is 6.10 Å². The van der Waals surface area contributed by atoms with Crippen molar-refractivity contribution in [2.45, 2.75) is 19.4 Å². The Morgan fingerprint density at radius 2 is 2.00 bits per heavy atom. The first-order valence-electron chi connectivity index (χ1n) is 3.38. The maximum atomic E-state index is 11.3. The van der Waals surface area contributed by atoms with Crippen LogP contribution >= 0.6 is 0 Å². The van der Waals surface area contributed by atoms with E-state index in [1.807, 2.05) is 0 Å². The zero-order valence-corrected chi connectivity index (χ0v) is 6.80. The molecule has 0 saturated carbocycles. The van der Waals surface area contributed by atoms with E-state index in [9.17, 15) is 18.0 Å². The Balaban J connectivity index is 3.41. The van der Waals surface area contributed by atoms with Crippen LogP contribution in [-0.2, 0) is 14.3 Å². The van der Waals surface area contributed by atoms with Crippen LogP contribution in [0.1, 0.15) is 6.92 Å². The van der Waals surface area contributed by atoms with Crippen LogP contribution in [-0.4, -0.2) is 36.8 Å². The normalized spacial score (nSPS) is 14.2. The molecule has 0 rings (SSSR count). The van der Waals surface area contributed by atoms with Crippen molar-refractivity contribution in [3.05, 3.63) is 0 Å². The van der Waals surface area contributed by atoms with Gasteiger partial charge in [0.2, 0.25) is 0 Å². The van der Waals surface area contributed by atoms with Crippen molar-refractivity contribution < 1.29 is 32.5 Å². The van der Waals surface area contributed by atoms with Gasteiger partial charge in [-0.3, -0.25) is 4.74 Å². The van der Waals surface area contributed by atoms with Gasteiger partial charge in [-0.05, 0) is 6.92 Å². The molecule has 0 aliphatic heterocycles. The first-order chi connectivity index (χ1) is 5.83. The highest BCUT2D eigenvalue weighted by atomic mass is 19.4. The molecule has 13 heavy (non-hydrogen) atoms. The van der Waals surface area contributed by atoms with E-state index in [0.29, 0.717) is 0 Å². The van der Waals surface area contributed by atoms with Crippen molar-refractivity contribution >= 4 is 5.97 Å². The molecule has 1 atom stereocenters. The number of alkyl halides is 3. The minimum absolute atomic E-state index is 0.410. The van der Waals surface area contributed by atoms with Crippen LogP contribution in [0.2, 0.25) is 0 Å². The van der Waals surface area contributed by atoms with E-state index in [1.165, 1.54) is 6.92 Å². The van der Waals surface area contributed by atoms with Crippen LogP contribution in [0, 0.1) is 0 Å². The van der Waals surface area contributed by atoms with Crippen LogP contribution in [0.4, 0.5) is 13.2 Å². The number of aliphatic carboxylic acids is 1. The fraction of sp³-hybridized carbons (Fsp3) is 0.833. The molecule has 0 heterocycles. The van der Waals surface area contributed by atoms with Gasteiger partial charge in [-0.15, -0.1) is 13.2 Å². The number of carbonyl (C=O) groups is 1. The number of carboxylic acids is 1. The third-order valence-electron chi connectivity index (χ3n) is 1.06. The molecular formula is C6H9F3O4. The molecule has 0 aromatic carbocycles. The fourth-order valence-corrected chi connectivity index (χ4v) is 0.454. The molecule has 4 nitrogen and oxygen atoms in total. The molecule has 0 aromatic rings. The second-order valence-corrected chi connectivity index (χ2v) is 2.15. The molecule has 0 amide bonds. The minimum Gasteiger partial charge on any atom is -0.479 e. The van der Waals surface area contributed by atoms with E-state index in [4.69, 9.17) is 5.11 Å². The van der Waals surface area contributed by atoms with E-state index in [0.717, 1.165) is 0 Å². The zero-order chi connectivity index (χ0) is 10.5. The Morgan fingerprint density at radius 1 is 1.46 bits per heavy atom. The summed E-state index contributed by atoms with van der Waals surface area (Å²) in [7, 11) is 0. The molecule has 0 aromatic heterocycles. The van der Waals surface area contributed by atoms with E-state index in [-0.39, 0.29) is 0 Å². The van der Waals surface area contributed by atoms with Crippen molar-refractivity contribution in [2.75, 3.05) is 13.2 Å². The zero-order valence-electron chi connectivity index (χ0n) is 6.80. The van der Waals surface area contributed by atoms with Gasteiger partial charge < -0.3 is 9.84 Å². The van der Waals surface area contributed by atoms with Gasteiger partial charge in [-0.1, -0.05) is 0 Å². The Kier molecular flexibility index (Phi) is 4.71. The highest BCUT2D eigenvalue weighted by Gasteiger charge is 2.28. The van der Waals surface area contributed by atoms with Gasteiger partial charge >= 0.3 is 12.3 Å². The summed E-state index contributed by atoms with van der Waals surface area (Å²) >= 11 is 0. The minimum atomic E-state index is -4.70. The first kappa shape index (κ1) is 12.2. The predicted molar refractivity (Wildman–Crippen MR) is 35.1 cm³/mol. The average Bonchev–Trinajstić information content (AvgIpc) is 1.95. The summed E-state index contributed by atoms with van der Waals surface area (Å²) in [6.45, 7) is 0.101. The summed E-state index contributed by atoms with van der Waals surface area (Å²) in [5.74, 6) is -1.23. The quantitative estimate of drug-likeness (QED) is 0.676. The molecule has 0 aliphatic carbocycles. The fourth-order valence-electron chi connectivity index (χ4n) is 0.454. The monoisotopic (exact) mass is 202 g/mol. The molecule has 78 valence electrons. The lowest BCUT2D eigenvalue weighted by Crippen LogP contribution is -2.24. The largest absolute Gasteiger partial charge is 0.522 e. The van der Waals surface area contributed by atoms with E-state index < -0.39 is 31.6 Å². The molecular weight excluding hydrogens is 193 g/mol. The molecule has 0 saturated heterocycles. The topological polar surface area (TPSA) is 55.8 Å². The van der Waals surface area contributed by atoms with Crippen LogP contribution in [0.15, 0.2) is 0 Å². The summed E-state index contributed by atoms with van der Waals surface area (Å²) in [6, 6.07) is 0. The van der Waals surface area contributed by atoms with Crippen molar-refractivity contribution in [1.29, 1.82) is 0 Å². The maximum absolute atomic E-state index is 11.3. The highest BCUT2D eigenvalue weighted by molar-refractivity contribution is 5.71. The second-order valence-electron chi connectivity index (χ2n) is 2.15. The van der Waals surface area contributed by atoms with Gasteiger partial charge in [0.1, 0.15) is 0 Å². The molecule has 0 spiro atoms. The lowest BCUT2D eigenvalue weighted by atomic mass is 10.4. The molecule has 0 bridgehead atoms. The van der Waals surface area contributed by atoms with Crippen molar-refractivity contribution in [3.63, 3.8) is 0 Å². The standard InChI is InChI=1S/C6H9F3O4/c1-4(5(10)11)12-2-3-13-6(7,8)9/h4H,2-3H2,1H3,(H,10,11). The predicted octanol–water partition coefficient (Wildman–Crippen LogP) is 1.01. The maximum Gasteiger partial charge on any atom is 0.522 e. The molecule has 0 radical (unpaired) electrons. The summed E-state index contributed by atoms with van der Waals surface area (Å²) in [5, 5.41) is 8.25. The summed E-state index contributed by atoms with van der Waals surface area (Å²) in [6.07, 6.45) is -5.83. The van der Waals surface area contributed by atoms with Crippen LogP contribution in [0.3, 0.4) is 0 Å². The molecule has 1 N–H and O–H groups in total. The Hall–Kier alpha value is -0.820. The van der Waals surface area contributed by atoms with E-state index >= 15 is 0 Å². The van der Waals surface area contributed by atoms with Crippen LogP contribution < -0.4 is 0 Å². The van der Waals surface area contributed by atoms with E-state index in [2.05, 4.69) is 9.47 Å². The molecule has 0 fully saturated rings. The van der Waals surface area contributed by atoms with Crippen molar-refractivity contribution in [2.24, 2.45) is 0 Å². The summed E-state index contributed by atoms with van der Waals surface area (Å²) in [4.78, 5) is 10.1. The van der Waals surface area contributed by atoms with Gasteiger partial charge in [0.05, 0.1) is 13.2 Å². The van der Waals surface area contributed by atoms with Crippen LogP contribution in [0.5, 0.6) is 0 Å². The third-order valence-corrected chi connectivity index (χ3v) is 1.06. The molecule has 0 aliphatic rings. The van der Waals surface area contributed by atoms with Gasteiger partial charge in [-0.2, -0.15) is 0 Å². The number of halogens is 3. The van der Waals surface area contributed by atoms with Crippen molar-refractivity contribution in [3.8, 4) is 0 Å². The number of rotatable bonds is 5. The number of hydrogen-bond donors (Lipinski definition) is 1. The SMILES string of the molecule is CC(OCCOC(F)(F)F)C(=O)O.